The number of ether oxygens (including phenoxy) is 2. The van der Waals surface area contributed by atoms with Crippen molar-refractivity contribution in [3.8, 4) is 28.6 Å². The van der Waals surface area contributed by atoms with Crippen LogP contribution in [0, 0.1) is 0 Å². The van der Waals surface area contributed by atoms with Gasteiger partial charge in [0.25, 0.3) is 5.91 Å². The average Bonchev–Trinajstić information content (AvgIpc) is 3.57. The first-order chi connectivity index (χ1) is 16.8. The molecule has 0 radical (unpaired) electrons. The van der Waals surface area contributed by atoms with Crippen molar-refractivity contribution in [1.82, 2.24) is 30.7 Å². The Bertz CT molecular complexity index is 1450. The number of fused-ring (bicyclic) bond motifs is 1. The Hall–Kier alpha value is -4.95. The van der Waals surface area contributed by atoms with E-state index in [0.29, 0.717) is 17.1 Å². The van der Waals surface area contributed by atoms with E-state index in [4.69, 9.17) is 15.2 Å². The number of nitrogens with one attached hydrogen (secondary N) is 1. The summed E-state index contributed by atoms with van der Waals surface area (Å²) in [7, 11) is 0. The minimum atomic E-state index is -4.59. The van der Waals surface area contributed by atoms with Gasteiger partial charge >= 0.3 is 6.18 Å². The second kappa shape index (κ2) is 8.44. The van der Waals surface area contributed by atoms with Gasteiger partial charge in [-0.3, -0.25) is 4.79 Å². The number of hydrazone groups is 1. The third kappa shape index (κ3) is 4.09. The Morgan fingerprint density at radius 2 is 1.94 bits per heavy atom. The zero-order valence-electron chi connectivity index (χ0n) is 17.4. The van der Waals surface area contributed by atoms with Crippen LogP contribution in [-0.4, -0.2) is 44.2 Å². The number of benzene rings is 2. The fourth-order valence-corrected chi connectivity index (χ4v) is 3.30. The molecule has 35 heavy (non-hydrogen) atoms. The maximum atomic E-state index is 13.2. The Morgan fingerprint density at radius 1 is 1.14 bits per heavy atom. The van der Waals surface area contributed by atoms with Crippen molar-refractivity contribution in [2.75, 3.05) is 12.5 Å². The van der Waals surface area contributed by atoms with Gasteiger partial charge in [0.1, 0.15) is 5.69 Å². The van der Waals surface area contributed by atoms with Crippen LogP contribution in [0.2, 0.25) is 0 Å². The number of amides is 1. The largest absolute Gasteiger partial charge is 0.454 e. The number of nitrogens with two attached hydrogens (primary N) is 1. The first kappa shape index (κ1) is 21.9. The molecule has 0 fully saturated rings. The number of anilines is 1. The number of nitrogen functional groups attached to an aromatic ring is 1. The van der Waals surface area contributed by atoms with Gasteiger partial charge < -0.3 is 15.2 Å². The van der Waals surface area contributed by atoms with E-state index >= 15 is 0 Å². The molecular formula is C20H13F3N8O4. The number of aromatic nitrogens is 5. The lowest BCUT2D eigenvalue weighted by molar-refractivity contribution is -0.137. The van der Waals surface area contributed by atoms with Crippen molar-refractivity contribution in [2.45, 2.75) is 6.18 Å². The highest BCUT2D eigenvalue weighted by molar-refractivity contribution is 5.99. The van der Waals surface area contributed by atoms with E-state index in [2.05, 4.69) is 35.8 Å². The van der Waals surface area contributed by atoms with Gasteiger partial charge in [0.2, 0.25) is 18.4 Å². The first-order valence-electron chi connectivity index (χ1n) is 9.76. The third-order valence-electron chi connectivity index (χ3n) is 4.86. The predicted octanol–water partition coefficient (Wildman–Crippen LogP) is 2.41. The number of carbonyl (C=O) groups is 1. The molecule has 0 saturated carbocycles. The van der Waals surface area contributed by atoms with Crippen LogP contribution in [0.4, 0.5) is 19.0 Å². The van der Waals surface area contributed by atoms with Crippen LogP contribution < -0.4 is 20.6 Å². The molecule has 3 heterocycles. The van der Waals surface area contributed by atoms with Crippen molar-refractivity contribution in [2.24, 2.45) is 5.10 Å². The standard InChI is InChI=1S/C20H13F3N8O4/c21-20(22,23)12-4-2-1-3-11(12)8-25-27-19(32)15-16(10-5-6-13-14(7-10)34-9-33-13)31(30-26-15)18-17(24)28-35-29-18/h1-8H,9H2,(H2,24,28)(H,27,32)/b25-8-. The SMILES string of the molecule is Nc1nonc1-n1nnc(C(=O)N/N=C\c2ccccc2C(F)(F)F)c1-c1ccc2c(c1)OCO2. The third-order valence-corrected chi connectivity index (χ3v) is 4.86. The molecule has 4 aromatic rings. The minimum Gasteiger partial charge on any atom is -0.454 e. The van der Waals surface area contributed by atoms with Crippen LogP contribution in [0.25, 0.3) is 17.1 Å². The van der Waals surface area contributed by atoms with Crippen molar-refractivity contribution in [3.05, 3.63) is 59.3 Å². The molecule has 0 aliphatic carbocycles. The molecule has 12 nitrogen and oxygen atoms in total. The number of hydrogen-bond donors (Lipinski definition) is 2. The molecule has 0 saturated heterocycles. The molecule has 1 amide bonds. The van der Waals surface area contributed by atoms with E-state index in [0.717, 1.165) is 17.0 Å². The molecule has 15 heteroatoms. The van der Waals surface area contributed by atoms with Crippen molar-refractivity contribution in [1.29, 1.82) is 0 Å². The number of nitrogens with zero attached hydrogens (tertiary/aromatic N) is 6. The fraction of sp³-hybridized carbons (Fsp3) is 0.100. The second-order valence-electron chi connectivity index (χ2n) is 7.02. The second-order valence-corrected chi connectivity index (χ2v) is 7.02. The highest BCUT2D eigenvalue weighted by Gasteiger charge is 2.32. The van der Waals surface area contributed by atoms with Gasteiger partial charge in [-0.2, -0.15) is 23.0 Å². The maximum Gasteiger partial charge on any atom is 0.417 e. The Balaban J connectivity index is 1.50. The zero-order valence-corrected chi connectivity index (χ0v) is 17.4. The molecular weight excluding hydrogens is 473 g/mol. The van der Waals surface area contributed by atoms with E-state index < -0.39 is 17.6 Å². The number of rotatable bonds is 5. The summed E-state index contributed by atoms with van der Waals surface area (Å²) in [6, 6.07) is 9.60. The molecule has 0 unspecified atom stereocenters. The van der Waals surface area contributed by atoms with E-state index in [-0.39, 0.29) is 35.4 Å². The summed E-state index contributed by atoms with van der Waals surface area (Å²) in [5, 5.41) is 18.6. The van der Waals surface area contributed by atoms with E-state index in [1.165, 1.54) is 18.2 Å². The van der Waals surface area contributed by atoms with Crippen LogP contribution in [0.15, 0.2) is 52.2 Å². The summed E-state index contributed by atoms with van der Waals surface area (Å²) in [4.78, 5) is 12.9. The summed E-state index contributed by atoms with van der Waals surface area (Å²) in [5.41, 5.74) is 7.10. The molecule has 0 atom stereocenters. The van der Waals surface area contributed by atoms with Gasteiger partial charge in [0.05, 0.1) is 11.8 Å². The predicted molar refractivity (Wildman–Crippen MR) is 112 cm³/mol. The topological polar surface area (TPSA) is 156 Å². The fourth-order valence-electron chi connectivity index (χ4n) is 3.30. The summed E-state index contributed by atoms with van der Waals surface area (Å²) in [6.45, 7) is 0.0257. The van der Waals surface area contributed by atoms with E-state index in [1.807, 2.05) is 0 Å². The lowest BCUT2D eigenvalue weighted by Gasteiger charge is -2.09. The zero-order chi connectivity index (χ0) is 24.6. The van der Waals surface area contributed by atoms with Gasteiger partial charge in [-0.1, -0.05) is 23.4 Å². The monoisotopic (exact) mass is 486 g/mol. The van der Waals surface area contributed by atoms with Gasteiger partial charge in [-0.05, 0) is 34.6 Å². The summed E-state index contributed by atoms with van der Waals surface area (Å²) < 4.78 is 56.0. The van der Waals surface area contributed by atoms with Crippen LogP contribution in [0.1, 0.15) is 21.6 Å². The lowest BCUT2D eigenvalue weighted by atomic mass is 10.1. The van der Waals surface area contributed by atoms with Crippen molar-refractivity contribution >= 4 is 17.9 Å². The average molecular weight is 486 g/mol. The van der Waals surface area contributed by atoms with E-state index in [1.54, 1.807) is 18.2 Å². The van der Waals surface area contributed by atoms with Crippen molar-refractivity contribution in [3.63, 3.8) is 0 Å². The molecule has 1 aliphatic heterocycles. The first-order valence-corrected chi connectivity index (χ1v) is 9.76. The summed E-state index contributed by atoms with van der Waals surface area (Å²) >= 11 is 0. The molecule has 0 bridgehead atoms. The summed E-state index contributed by atoms with van der Waals surface area (Å²) in [6.07, 6.45) is -3.71. The van der Waals surface area contributed by atoms with E-state index in [9.17, 15) is 18.0 Å². The Labute approximate surface area is 193 Å². The summed E-state index contributed by atoms with van der Waals surface area (Å²) in [5.74, 6) is -0.110. The van der Waals surface area contributed by atoms with Gasteiger partial charge in [0.15, 0.2) is 17.2 Å². The highest BCUT2D eigenvalue weighted by Crippen LogP contribution is 2.37. The lowest BCUT2D eigenvalue weighted by Crippen LogP contribution is -2.20. The molecule has 0 spiro atoms. The quantitative estimate of drug-likeness (QED) is 0.319. The maximum absolute atomic E-state index is 13.2. The molecule has 2 aromatic carbocycles. The Morgan fingerprint density at radius 3 is 2.71 bits per heavy atom. The number of carbonyl (C=O) groups excluding carboxylic acids is 1. The normalized spacial score (nSPS) is 12.9. The molecule has 1 aliphatic rings. The van der Waals surface area contributed by atoms with Gasteiger partial charge in [-0.25, -0.2) is 10.1 Å². The Kier molecular flexibility index (Phi) is 5.27. The molecule has 5 rings (SSSR count). The minimum absolute atomic E-state index is 0.0257. The van der Waals surface area contributed by atoms with Gasteiger partial charge in [0, 0.05) is 11.1 Å². The molecule has 2 aromatic heterocycles. The number of alkyl halides is 3. The number of halogens is 3. The number of hydrogen-bond acceptors (Lipinski definition) is 10. The highest BCUT2D eigenvalue weighted by atomic mass is 19.4. The van der Waals surface area contributed by atoms with Crippen LogP contribution in [0.3, 0.4) is 0 Å². The smallest absolute Gasteiger partial charge is 0.417 e. The van der Waals surface area contributed by atoms with Gasteiger partial charge in [-0.15, -0.1) is 5.10 Å². The van der Waals surface area contributed by atoms with Crippen LogP contribution in [0.5, 0.6) is 11.5 Å². The molecule has 3 N–H and O–H groups in total. The van der Waals surface area contributed by atoms with Crippen LogP contribution >= 0.6 is 0 Å². The molecule has 178 valence electrons. The van der Waals surface area contributed by atoms with Crippen molar-refractivity contribution < 1.29 is 32.1 Å². The van der Waals surface area contributed by atoms with Crippen LogP contribution in [-0.2, 0) is 6.18 Å².